The lowest BCUT2D eigenvalue weighted by atomic mass is 10.1. The number of rotatable bonds is 6. The van der Waals surface area contributed by atoms with Gasteiger partial charge in [0.15, 0.2) is 5.82 Å². The fourth-order valence-electron chi connectivity index (χ4n) is 3.57. The van der Waals surface area contributed by atoms with E-state index in [1.807, 2.05) is 11.0 Å². The van der Waals surface area contributed by atoms with E-state index in [9.17, 15) is 14.0 Å². The molecule has 2 heterocycles. The number of aryl methyl sites for hydroxylation is 1. The summed E-state index contributed by atoms with van der Waals surface area (Å²) in [6.45, 7) is 3.35. The largest absolute Gasteiger partial charge is 0.353 e. The van der Waals surface area contributed by atoms with E-state index in [0.717, 1.165) is 5.56 Å². The molecule has 4 rings (SSSR count). The van der Waals surface area contributed by atoms with Gasteiger partial charge in [0.2, 0.25) is 11.8 Å². The van der Waals surface area contributed by atoms with Crippen LogP contribution in [0.1, 0.15) is 17.8 Å². The summed E-state index contributed by atoms with van der Waals surface area (Å²) in [5, 5.41) is 17.1. The van der Waals surface area contributed by atoms with Crippen molar-refractivity contribution in [3.63, 3.8) is 0 Å². The van der Waals surface area contributed by atoms with Gasteiger partial charge in [0.25, 0.3) is 0 Å². The van der Waals surface area contributed by atoms with Crippen LogP contribution in [0.4, 0.5) is 10.1 Å². The van der Waals surface area contributed by atoms with E-state index in [4.69, 9.17) is 0 Å². The van der Waals surface area contributed by atoms with Gasteiger partial charge in [-0.05, 0) is 53.2 Å². The van der Waals surface area contributed by atoms with Crippen molar-refractivity contribution in [1.29, 1.82) is 0 Å². The molecule has 2 amide bonds. The standard InChI is InChI=1S/C21H22FN7O2/c1-14-25-26-27-29(14)18-4-2-3-17(11-18)24-20(30)12-19-21(31)23-9-10-28(19)13-15-5-7-16(22)8-6-15/h2-8,11,19H,9-10,12-13H2,1H3,(H,23,31)(H,24,30). The molecule has 160 valence electrons. The second kappa shape index (κ2) is 9.00. The van der Waals surface area contributed by atoms with Crippen molar-refractivity contribution >= 4 is 17.5 Å². The lowest BCUT2D eigenvalue weighted by Crippen LogP contribution is -2.55. The van der Waals surface area contributed by atoms with Crippen molar-refractivity contribution in [2.24, 2.45) is 0 Å². The van der Waals surface area contributed by atoms with Gasteiger partial charge in [0.05, 0.1) is 18.2 Å². The van der Waals surface area contributed by atoms with Crippen LogP contribution in [-0.2, 0) is 16.1 Å². The first kappa shape index (κ1) is 20.6. The fourth-order valence-corrected chi connectivity index (χ4v) is 3.57. The van der Waals surface area contributed by atoms with E-state index in [0.29, 0.717) is 36.8 Å². The number of aromatic nitrogens is 4. The van der Waals surface area contributed by atoms with E-state index >= 15 is 0 Å². The minimum atomic E-state index is -0.608. The maximum Gasteiger partial charge on any atom is 0.237 e. The molecule has 10 heteroatoms. The zero-order valence-electron chi connectivity index (χ0n) is 17.0. The number of amides is 2. The van der Waals surface area contributed by atoms with Crippen molar-refractivity contribution in [2.75, 3.05) is 18.4 Å². The third-order valence-corrected chi connectivity index (χ3v) is 5.12. The molecular weight excluding hydrogens is 401 g/mol. The highest BCUT2D eigenvalue weighted by Crippen LogP contribution is 2.18. The second-order valence-corrected chi connectivity index (χ2v) is 7.34. The molecule has 1 aliphatic heterocycles. The fraction of sp³-hybridized carbons (Fsp3) is 0.286. The van der Waals surface area contributed by atoms with Crippen molar-refractivity contribution in [1.82, 2.24) is 30.4 Å². The van der Waals surface area contributed by atoms with Crippen molar-refractivity contribution < 1.29 is 14.0 Å². The first-order valence-electron chi connectivity index (χ1n) is 9.91. The van der Waals surface area contributed by atoms with Crippen molar-refractivity contribution in [3.8, 4) is 5.69 Å². The number of halogens is 1. The summed E-state index contributed by atoms with van der Waals surface area (Å²) in [7, 11) is 0. The number of piperazine rings is 1. The van der Waals surface area contributed by atoms with Gasteiger partial charge in [-0.25, -0.2) is 4.39 Å². The number of carbonyl (C=O) groups excluding carboxylic acids is 2. The van der Waals surface area contributed by atoms with Gasteiger partial charge in [-0.1, -0.05) is 18.2 Å². The first-order chi connectivity index (χ1) is 15.0. The molecule has 0 aliphatic carbocycles. The Bertz CT molecular complexity index is 1080. The number of hydrogen-bond acceptors (Lipinski definition) is 6. The van der Waals surface area contributed by atoms with Crippen LogP contribution in [-0.4, -0.2) is 56.1 Å². The summed E-state index contributed by atoms with van der Waals surface area (Å²) in [6, 6.07) is 12.7. The maximum atomic E-state index is 13.2. The Kier molecular flexibility index (Phi) is 5.99. The van der Waals surface area contributed by atoms with Crippen LogP contribution in [0.25, 0.3) is 5.69 Å². The predicted molar refractivity (Wildman–Crippen MR) is 111 cm³/mol. The quantitative estimate of drug-likeness (QED) is 0.622. The molecular formula is C21H22FN7O2. The van der Waals surface area contributed by atoms with Gasteiger partial charge in [-0.2, -0.15) is 4.68 Å². The van der Waals surface area contributed by atoms with Gasteiger partial charge < -0.3 is 10.6 Å². The third kappa shape index (κ3) is 4.92. The number of anilines is 1. The van der Waals surface area contributed by atoms with Crippen LogP contribution in [0.2, 0.25) is 0 Å². The Hall–Kier alpha value is -3.66. The van der Waals surface area contributed by atoms with Crippen LogP contribution in [0.5, 0.6) is 0 Å². The molecule has 1 atom stereocenters. The Morgan fingerprint density at radius 2 is 2.06 bits per heavy atom. The molecule has 0 bridgehead atoms. The maximum absolute atomic E-state index is 13.2. The molecule has 1 aliphatic rings. The monoisotopic (exact) mass is 423 g/mol. The summed E-state index contributed by atoms with van der Waals surface area (Å²) >= 11 is 0. The average molecular weight is 423 g/mol. The van der Waals surface area contributed by atoms with E-state index in [1.54, 1.807) is 41.9 Å². The summed E-state index contributed by atoms with van der Waals surface area (Å²) in [4.78, 5) is 27.1. The number of hydrogen-bond donors (Lipinski definition) is 2. The first-order valence-corrected chi connectivity index (χ1v) is 9.91. The van der Waals surface area contributed by atoms with Gasteiger partial charge in [0, 0.05) is 25.3 Å². The van der Waals surface area contributed by atoms with Crippen LogP contribution < -0.4 is 10.6 Å². The summed E-state index contributed by atoms with van der Waals surface area (Å²) in [6.07, 6.45) is 0.00116. The van der Waals surface area contributed by atoms with E-state index in [1.165, 1.54) is 12.1 Å². The lowest BCUT2D eigenvalue weighted by Gasteiger charge is -2.34. The summed E-state index contributed by atoms with van der Waals surface area (Å²) < 4.78 is 14.7. The van der Waals surface area contributed by atoms with Crippen molar-refractivity contribution in [3.05, 3.63) is 65.7 Å². The molecule has 1 unspecified atom stereocenters. The zero-order valence-corrected chi connectivity index (χ0v) is 17.0. The SMILES string of the molecule is Cc1nnnn1-c1cccc(NC(=O)CC2C(=O)NCCN2Cc2ccc(F)cc2)c1. The normalized spacial score (nSPS) is 16.7. The van der Waals surface area contributed by atoms with Crippen LogP contribution in [0.15, 0.2) is 48.5 Å². The van der Waals surface area contributed by atoms with Crippen LogP contribution in [0, 0.1) is 12.7 Å². The Morgan fingerprint density at radius 1 is 1.26 bits per heavy atom. The molecule has 9 nitrogen and oxygen atoms in total. The molecule has 2 N–H and O–H groups in total. The van der Waals surface area contributed by atoms with E-state index in [-0.39, 0.29) is 24.1 Å². The molecule has 0 saturated carbocycles. The zero-order chi connectivity index (χ0) is 21.8. The van der Waals surface area contributed by atoms with Gasteiger partial charge >= 0.3 is 0 Å². The topological polar surface area (TPSA) is 105 Å². The van der Waals surface area contributed by atoms with Gasteiger partial charge in [-0.3, -0.25) is 14.5 Å². The summed E-state index contributed by atoms with van der Waals surface area (Å²) in [5.74, 6) is -0.160. The minimum absolute atomic E-state index is 0.00116. The molecule has 2 aromatic carbocycles. The number of carbonyl (C=O) groups is 2. The average Bonchev–Trinajstić information content (AvgIpc) is 3.18. The summed E-state index contributed by atoms with van der Waals surface area (Å²) in [5.41, 5.74) is 2.18. The number of benzene rings is 2. The van der Waals surface area contributed by atoms with E-state index in [2.05, 4.69) is 26.2 Å². The number of nitrogens with zero attached hydrogens (tertiary/aromatic N) is 5. The number of nitrogens with one attached hydrogen (secondary N) is 2. The molecule has 1 aromatic heterocycles. The Morgan fingerprint density at radius 3 is 2.81 bits per heavy atom. The lowest BCUT2D eigenvalue weighted by molar-refractivity contribution is -0.132. The van der Waals surface area contributed by atoms with E-state index < -0.39 is 6.04 Å². The molecule has 1 saturated heterocycles. The molecule has 31 heavy (non-hydrogen) atoms. The highest BCUT2D eigenvalue weighted by atomic mass is 19.1. The highest BCUT2D eigenvalue weighted by molar-refractivity contribution is 5.95. The Balaban J connectivity index is 1.44. The molecule has 0 radical (unpaired) electrons. The second-order valence-electron chi connectivity index (χ2n) is 7.34. The molecule has 1 fully saturated rings. The minimum Gasteiger partial charge on any atom is -0.353 e. The predicted octanol–water partition coefficient (Wildman–Crippen LogP) is 1.44. The molecule has 0 spiro atoms. The van der Waals surface area contributed by atoms with Crippen LogP contribution >= 0.6 is 0 Å². The number of tetrazole rings is 1. The molecule has 3 aromatic rings. The highest BCUT2D eigenvalue weighted by Gasteiger charge is 2.31. The van der Waals surface area contributed by atoms with Gasteiger partial charge in [-0.15, -0.1) is 5.10 Å². The Labute approximate surface area is 178 Å². The third-order valence-electron chi connectivity index (χ3n) is 5.12. The smallest absolute Gasteiger partial charge is 0.237 e. The van der Waals surface area contributed by atoms with Gasteiger partial charge in [0.1, 0.15) is 5.82 Å². The van der Waals surface area contributed by atoms with Crippen molar-refractivity contribution in [2.45, 2.75) is 25.9 Å². The van der Waals surface area contributed by atoms with Crippen LogP contribution in [0.3, 0.4) is 0 Å².